The van der Waals surface area contributed by atoms with Crippen molar-refractivity contribution in [3.05, 3.63) is 58.8 Å². The number of nitrogens with one attached hydrogen (secondary N) is 2. The molecule has 0 aliphatic carbocycles. The van der Waals surface area contributed by atoms with Crippen molar-refractivity contribution < 1.29 is 14.3 Å². The first-order valence-corrected chi connectivity index (χ1v) is 8.02. The van der Waals surface area contributed by atoms with Crippen molar-refractivity contribution >= 4 is 28.9 Å². The summed E-state index contributed by atoms with van der Waals surface area (Å²) in [5.74, 6) is 0.491. The molecule has 2 aromatic carbocycles. The van der Waals surface area contributed by atoms with Crippen LogP contribution in [0.1, 0.15) is 5.56 Å². The van der Waals surface area contributed by atoms with Gasteiger partial charge < -0.3 is 20.1 Å². The van der Waals surface area contributed by atoms with Crippen LogP contribution in [0.3, 0.4) is 0 Å². The van der Waals surface area contributed by atoms with Gasteiger partial charge >= 0.3 is 0 Å². The fourth-order valence-electron chi connectivity index (χ4n) is 2.17. The summed E-state index contributed by atoms with van der Waals surface area (Å²) in [6.45, 7) is 1.89. The normalized spacial score (nSPS) is 10.7. The summed E-state index contributed by atoms with van der Waals surface area (Å²) in [4.78, 5) is 12.4. The number of rotatable bonds is 6. The summed E-state index contributed by atoms with van der Waals surface area (Å²) in [6.07, 6.45) is 1.32. The molecule has 2 N–H and O–H groups in total. The number of amides is 1. The molecule has 0 spiro atoms. The Balaban J connectivity index is 2.16. The van der Waals surface area contributed by atoms with Gasteiger partial charge in [0.2, 0.25) is 0 Å². The molecule has 0 unspecified atom stereocenters. The van der Waals surface area contributed by atoms with Crippen LogP contribution in [0.15, 0.2) is 48.2 Å². The van der Waals surface area contributed by atoms with E-state index < -0.39 is 5.91 Å². The smallest absolute Gasteiger partial charge is 0.267 e. The van der Waals surface area contributed by atoms with Gasteiger partial charge in [0.25, 0.3) is 5.91 Å². The van der Waals surface area contributed by atoms with Crippen LogP contribution in [0.4, 0.5) is 11.4 Å². The number of anilines is 2. The summed E-state index contributed by atoms with van der Waals surface area (Å²) in [7, 11) is 3.03. The zero-order valence-electron chi connectivity index (χ0n) is 14.6. The number of hydrogen-bond acceptors (Lipinski definition) is 5. The Kier molecular flexibility index (Phi) is 6.48. The molecule has 7 heteroatoms. The van der Waals surface area contributed by atoms with E-state index in [9.17, 15) is 10.1 Å². The molecule has 1 amide bonds. The second-order valence-electron chi connectivity index (χ2n) is 5.32. The number of nitriles is 1. The maximum Gasteiger partial charge on any atom is 0.267 e. The first-order chi connectivity index (χ1) is 12.5. The predicted molar refractivity (Wildman–Crippen MR) is 102 cm³/mol. The molecule has 0 bridgehead atoms. The molecule has 26 heavy (non-hydrogen) atoms. The van der Waals surface area contributed by atoms with Crippen LogP contribution < -0.4 is 20.1 Å². The number of aryl methyl sites for hydroxylation is 1. The fourth-order valence-corrected chi connectivity index (χ4v) is 2.43. The molecular weight excluding hydrogens is 354 g/mol. The van der Waals surface area contributed by atoms with Gasteiger partial charge in [0, 0.05) is 11.9 Å². The van der Waals surface area contributed by atoms with E-state index in [4.69, 9.17) is 21.1 Å². The first-order valence-electron chi connectivity index (χ1n) is 7.64. The Bertz CT molecular complexity index is 888. The lowest BCUT2D eigenvalue weighted by Crippen LogP contribution is -2.15. The van der Waals surface area contributed by atoms with Gasteiger partial charge in [-0.3, -0.25) is 4.79 Å². The summed E-state index contributed by atoms with van der Waals surface area (Å²) < 4.78 is 10.3. The van der Waals surface area contributed by atoms with Gasteiger partial charge in [0.1, 0.15) is 23.1 Å². The third kappa shape index (κ3) is 4.68. The molecule has 0 aliphatic heterocycles. The van der Waals surface area contributed by atoms with Crippen LogP contribution in [0.2, 0.25) is 5.02 Å². The molecule has 2 rings (SSSR count). The number of nitrogens with zero attached hydrogens (tertiary/aromatic N) is 1. The molecule has 6 nitrogen and oxygen atoms in total. The minimum atomic E-state index is -0.552. The Morgan fingerprint density at radius 2 is 1.85 bits per heavy atom. The Morgan fingerprint density at radius 1 is 1.15 bits per heavy atom. The molecule has 0 saturated carbocycles. The molecular formula is C19H18ClN3O3. The number of halogens is 1. The number of carbonyl (C=O) groups is 1. The highest BCUT2D eigenvalue weighted by atomic mass is 35.5. The van der Waals surface area contributed by atoms with E-state index in [-0.39, 0.29) is 5.57 Å². The number of methoxy groups -OCH3 is 2. The maximum absolute atomic E-state index is 12.4. The zero-order chi connectivity index (χ0) is 19.1. The molecule has 0 atom stereocenters. The van der Waals surface area contributed by atoms with E-state index in [1.807, 2.05) is 19.1 Å². The van der Waals surface area contributed by atoms with Crippen molar-refractivity contribution in [3.63, 3.8) is 0 Å². The van der Waals surface area contributed by atoms with Crippen molar-refractivity contribution in [1.29, 1.82) is 5.26 Å². The number of carbonyl (C=O) groups excluding carboxylic acids is 1. The highest BCUT2D eigenvalue weighted by molar-refractivity contribution is 6.32. The topological polar surface area (TPSA) is 83.4 Å². The molecule has 0 heterocycles. The van der Waals surface area contributed by atoms with Crippen LogP contribution in [0, 0.1) is 18.3 Å². The van der Waals surface area contributed by atoms with Gasteiger partial charge in [0.05, 0.1) is 24.9 Å². The van der Waals surface area contributed by atoms with Crippen molar-refractivity contribution in [1.82, 2.24) is 0 Å². The third-order valence-electron chi connectivity index (χ3n) is 3.50. The van der Waals surface area contributed by atoms with E-state index in [0.29, 0.717) is 27.9 Å². The van der Waals surface area contributed by atoms with Gasteiger partial charge in [-0.25, -0.2) is 0 Å². The number of ether oxygens (including phenoxy) is 2. The van der Waals surface area contributed by atoms with Crippen LogP contribution in [0.25, 0.3) is 0 Å². The minimum Gasteiger partial charge on any atom is -0.495 e. The lowest BCUT2D eigenvalue weighted by atomic mass is 10.2. The molecule has 134 valence electrons. The summed E-state index contributed by atoms with van der Waals surface area (Å²) >= 11 is 6.05. The lowest BCUT2D eigenvalue weighted by Gasteiger charge is -2.11. The van der Waals surface area contributed by atoms with E-state index in [2.05, 4.69) is 10.6 Å². The van der Waals surface area contributed by atoms with Crippen LogP contribution >= 0.6 is 11.6 Å². The molecule has 0 aliphatic rings. The molecule has 2 aromatic rings. The van der Waals surface area contributed by atoms with E-state index in [1.54, 1.807) is 30.3 Å². The Labute approximate surface area is 157 Å². The first kappa shape index (κ1) is 19.2. The summed E-state index contributed by atoms with van der Waals surface area (Å²) in [5.41, 5.74) is 1.96. The zero-order valence-corrected chi connectivity index (χ0v) is 15.3. The van der Waals surface area contributed by atoms with Gasteiger partial charge in [-0.2, -0.15) is 5.26 Å². The van der Waals surface area contributed by atoms with Crippen LogP contribution in [-0.2, 0) is 4.79 Å². The fraction of sp³-hybridized carbons (Fsp3) is 0.158. The monoisotopic (exact) mass is 371 g/mol. The van der Waals surface area contributed by atoms with E-state index >= 15 is 0 Å². The quantitative estimate of drug-likeness (QED) is 0.589. The van der Waals surface area contributed by atoms with Gasteiger partial charge in [-0.05, 0) is 42.8 Å². The summed E-state index contributed by atoms with van der Waals surface area (Å²) in [6, 6.07) is 12.3. The highest BCUT2D eigenvalue weighted by Crippen LogP contribution is 2.28. The number of benzene rings is 2. The van der Waals surface area contributed by atoms with Crippen molar-refractivity contribution in [3.8, 4) is 17.6 Å². The van der Waals surface area contributed by atoms with Gasteiger partial charge in [-0.15, -0.1) is 0 Å². The average Bonchev–Trinajstić information content (AvgIpc) is 2.62. The summed E-state index contributed by atoms with van der Waals surface area (Å²) in [5, 5.41) is 15.2. The Hall–Kier alpha value is -3.17. The van der Waals surface area contributed by atoms with Gasteiger partial charge in [-0.1, -0.05) is 17.7 Å². The van der Waals surface area contributed by atoms with Crippen LogP contribution in [0.5, 0.6) is 11.5 Å². The molecule has 0 aromatic heterocycles. The van der Waals surface area contributed by atoms with Crippen molar-refractivity contribution in [2.75, 3.05) is 24.9 Å². The third-order valence-corrected chi connectivity index (χ3v) is 3.80. The highest BCUT2D eigenvalue weighted by Gasteiger charge is 2.12. The minimum absolute atomic E-state index is 0.0968. The Morgan fingerprint density at radius 3 is 2.46 bits per heavy atom. The SMILES string of the molecule is COc1ccc(N/C=C(/C#N)C(=O)Nc2cc(C)ccc2OC)cc1Cl. The van der Waals surface area contributed by atoms with Crippen LogP contribution in [-0.4, -0.2) is 20.1 Å². The average molecular weight is 372 g/mol. The maximum atomic E-state index is 12.4. The largest absolute Gasteiger partial charge is 0.495 e. The second-order valence-corrected chi connectivity index (χ2v) is 5.73. The number of hydrogen-bond donors (Lipinski definition) is 2. The van der Waals surface area contributed by atoms with E-state index in [0.717, 1.165) is 5.56 Å². The molecule has 0 fully saturated rings. The molecule has 0 saturated heterocycles. The second kappa shape index (κ2) is 8.79. The lowest BCUT2D eigenvalue weighted by molar-refractivity contribution is -0.112. The predicted octanol–water partition coefficient (Wildman–Crippen LogP) is 4.12. The molecule has 0 radical (unpaired) electrons. The van der Waals surface area contributed by atoms with Gasteiger partial charge in [0.15, 0.2) is 0 Å². The van der Waals surface area contributed by atoms with E-state index in [1.165, 1.54) is 20.4 Å². The standard InChI is InChI=1S/C19H18ClN3O3/c1-12-4-6-18(26-3)16(8-12)23-19(24)13(10-21)11-22-14-5-7-17(25-2)15(20)9-14/h4-9,11,22H,1-3H3,(H,23,24)/b13-11-. The van der Waals surface area contributed by atoms with Crippen molar-refractivity contribution in [2.45, 2.75) is 6.92 Å². The van der Waals surface area contributed by atoms with Crippen molar-refractivity contribution in [2.24, 2.45) is 0 Å².